The van der Waals surface area contributed by atoms with Crippen molar-refractivity contribution < 1.29 is 4.79 Å². The van der Waals surface area contributed by atoms with Crippen LogP contribution in [0.25, 0.3) is 6.08 Å². The zero-order valence-electron chi connectivity index (χ0n) is 12.3. The molecule has 0 aromatic heterocycles. The number of carbonyl (C=O) groups excluding carboxylic acids is 1. The fraction of sp³-hybridized carbons (Fsp3) is 0.471. The van der Waals surface area contributed by atoms with Gasteiger partial charge in [0.1, 0.15) is 0 Å². The lowest BCUT2D eigenvalue weighted by atomic mass is 10.0. The molecule has 0 fully saturated rings. The summed E-state index contributed by atoms with van der Waals surface area (Å²) in [5, 5.41) is 3.05. The van der Waals surface area contributed by atoms with Crippen molar-refractivity contribution in [2.45, 2.75) is 52.5 Å². The first-order valence-electron chi connectivity index (χ1n) is 7.23. The van der Waals surface area contributed by atoms with Crippen LogP contribution in [0, 0.1) is 0 Å². The van der Waals surface area contributed by atoms with E-state index in [1.165, 1.54) is 0 Å². The second kappa shape index (κ2) is 8.52. The lowest BCUT2D eigenvalue weighted by molar-refractivity contribution is -0.118. The topological polar surface area (TPSA) is 29.1 Å². The van der Waals surface area contributed by atoms with Crippen LogP contribution in [0.5, 0.6) is 0 Å². The van der Waals surface area contributed by atoms with Crippen molar-refractivity contribution in [3.63, 3.8) is 0 Å². The van der Waals surface area contributed by atoms with E-state index in [0.29, 0.717) is 0 Å². The van der Waals surface area contributed by atoms with Gasteiger partial charge in [-0.3, -0.25) is 4.79 Å². The summed E-state index contributed by atoms with van der Waals surface area (Å²) >= 11 is 0. The highest BCUT2D eigenvalue weighted by Gasteiger charge is 2.11. The van der Waals surface area contributed by atoms with Gasteiger partial charge in [-0.1, -0.05) is 50.6 Å². The molecular formula is C17H25NO. The minimum absolute atomic E-state index is 0.0756. The summed E-state index contributed by atoms with van der Waals surface area (Å²) in [5.74, 6) is 0.0756. The largest absolute Gasteiger partial charge is 0.350 e. The molecule has 2 heteroatoms. The van der Waals surface area contributed by atoms with Gasteiger partial charge in [0.05, 0.1) is 0 Å². The minimum atomic E-state index is 0.0756. The molecule has 2 nitrogen and oxygen atoms in total. The average Bonchev–Trinajstić information content (AvgIpc) is 2.44. The Balaban J connectivity index is 2.82. The van der Waals surface area contributed by atoms with Crippen molar-refractivity contribution >= 4 is 12.0 Å². The normalized spacial score (nSPS) is 13.1. The SMILES string of the molecule is CCCC/C(=C/c1ccccc1)C(=O)NC(C)CC. The maximum absolute atomic E-state index is 12.2. The zero-order chi connectivity index (χ0) is 14.1. The predicted molar refractivity (Wildman–Crippen MR) is 81.8 cm³/mol. The summed E-state index contributed by atoms with van der Waals surface area (Å²) in [7, 11) is 0. The van der Waals surface area contributed by atoms with Crippen LogP contribution in [0.2, 0.25) is 0 Å². The molecule has 1 unspecified atom stereocenters. The first-order valence-corrected chi connectivity index (χ1v) is 7.23. The Morgan fingerprint density at radius 3 is 2.53 bits per heavy atom. The molecule has 1 amide bonds. The van der Waals surface area contributed by atoms with Gasteiger partial charge in [-0.15, -0.1) is 0 Å². The summed E-state index contributed by atoms with van der Waals surface area (Å²) < 4.78 is 0. The van der Waals surface area contributed by atoms with E-state index in [9.17, 15) is 4.79 Å². The summed E-state index contributed by atoms with van der Waals surface area (Å²) in [6, 6.07) is 10.3. The smallest absolute Gasteiger partial charge is 0.247 e. The highest BCUT2D eigenvalue weighted by molar-refractivity contribution is 5.97. The number of rotatable bonds is 7. The van der Waals surface area contributed by atoms with Crippen LogP contribution in [0.4, 0.5) is 0 Å². The lowest BCUT2D eigenvalue weighted by Crippen LogP contribution is -2.33. The number of nitrogens with one attached hydrogen (secondary N) is 1. The third-order valence-corrected chi connectivity index (χ3v) is 3.22. The van der Waals surface area contributed by atoms with E-state index in [-0.39, 0.29) is 11.9 Å². The van der Waals surface area contributed by atoms with E-state index in [1.807, 2.05) is 43.3 Å². The molecule has 104 valence electrons. The third-order valence-electron chi connectivity index (χ3n) is 3.22. The highest BCUT2D eigenvalue weighted by atomic mass is 16.1. The fourth-order valence-electron chi connectivity index (χ4n) is 1.79. The molecule has 0 saturated carbocycles. The maximum Gasteiger partial charge on any atom is 0.247 e. The van der Waals surface area contributed by atoms with E-state index < -0.39 is 0 Å². The van der Waals surface area contributed by atoms with Gasteiger partial charge in [0, 0.05) is 11.6 Å². The van der Waals surface area contributed by atoms with Crippen molar-refractivity contribution in [3.05, 3.63) is 41.5 Å². The van der Waals surface area contributed by atoms with Crippen LogP contribution >= 0.6 is 0 Å². The van der Waals surface area contributed by atoms with Gasteiger partial charge in [-0.2, -0.15) is 0 Å². The van der Waals surface area contributed by atoms with Crippen LogP contribution in [-0.2, 0) is 4.79 Å². The molecule has 0 heterocycles. The lowest BCUT2D eigenvalue weighted by Gasteiger charge is -2.13. The van der Waals surface area contributed by atoms with Crippen LogP contribution in [0.1, 0.15) is 52.0 Å². The summed E-state index contributed by atoms with van der Waals surface area (Å²) in [5.41, 5.74) is 1.97. The number of unbranched alkanes of at least 4 members (excludes halogenated alkanes) is 1. The molecule has 0 spiro atoms. The van der Waals surface area contributed by atoms with Crippen molar-refractivity contribution in [2.24, 2.45) is 0 Å². The Morgan fingerprint density at radius 1 is 1.26 bits per heavy atom. The van der Waals surface area contributed by atoms with Crippen molar-refractivity contribution in [1.82, 2.24) is 5.32 Å². The fourth-order valence-corrected chi connectivity index (χ4v) is 1.79. The second-order valence-electron chi connectivity index (χ2n) is 4.97. The van der Waals surface area contributed by atoms with Gasteiger partial charge in [-0.25, -0.2) is 0 Å². The van der Waals surface area contributed by atoms with E-state index in [4.69, 9.17) is 0 Å². The summed E-state index contributed by atoms with van der Waals surface area (Å²) in [6.45, 7) is 6.27. The molecule has 0 bridgehead atoms. The first-order chi connectivity index (χ1) is 9.17. The second-order valence-corrected chi connectivity index (χ2v) is 4.97. The minimum Gasteiger partial charge on any atom is -0.350 e. The number of benzene rings is 1. The van der Waals surface area contributed by atoms with Crippen molar-refractivity contribution in [3.8, 4) is 0 Å². The van der Waals surface area contributed by atoms with E-state index in [0.717, 1.165) is 36.8 Å². The Bertz CT molecular complexity index is 409. The molecule has 1 aromatic carbocycles. The molecule has 0 aliphatic heterocycles. The quantitative estimate of drug-likeness (QED) is 0.731. The van der Waals surface area contributed by atoms with E-state index in [2.05, 4.69) is 19.2 Å². The van der Waals surface area contributed by atoms with Crippen LogP contribution in [0.3, 0.4) is 0 Å². The van der Waals surface area contributed by atoms with Gasteiger partial charge < -0.3 is 5.32 Å². The molecule has 0 aliphatic rings. The third kappa shape index (κ3) is 5.73. The van der Waals surface area contributed by atoms with Gasteiger partial charge in [0.25, 0.3) is 0 Å². The average molecular weight is 259 g/mol. The monoisotopic (exact) mass is 259 g/mol. The number of carbonyl (C=O) groups is 1. The van der Waals surface area contributed by atoms with Crippen LogP contribution < -0.4 is 5.32 Å². The number of amides is 1. The van der Waals surface area contributed by atoms with Crippen molar-refractivity contribution in [2.75, 3.05) is 0 Å². The molecule has 0 aliphatic carbocycles. The zero-order valence-corrected chi connectivity index (χ0v) is 12.3. The molecule has 1 rings (SSSR count). The Morgan fingerprint density at radius 2 is 1.95 bits per heavy atom. The standard InChI is InChI=1S/C17H25NO/c1-4-6-12-16(17(19)18-14(3)5-2)13-15-10-8-7-9-11-15/h7-11,13-14H,4-6,12H2,1-3H3,(H,18,19)/b16-13-. The molecule has 19 heavy (non-hydrogen) atoms. The number of hydrogen-bond acceptors (Lipinski definition) is 1. The Hall–Kier alpha value is -1.57. The Labute approximate surface area is 116 Å². The molecule has 1 N–H and O–H groups in total. The summed E-state index contributed by atoms with van der Waals surface area (Å²) in [6.07, 6.45) is 5.95. The number of hydrogen-bond donors (Lipinski definition) is 1. The molecular weight excluding hydrogens is 234 g/mol. The first kappa shape index (κ1) is 15.5. The van der Waals surface area contributed by atoms with Crippen LogP contribution in [-0.4, -0.2) is 11.9 Å². The maximum atomic E-state index is 12.2. The van der Waals surface area contributed by atoms with Gasteiger partial charge in [0.2, 0.25) is 5.91 Å². The van der Waals surface area contributed by atoms with E-state index >= 15 is 0 Å². The molecule has 0 saturated heterocycles. The van der Waals surface area contributed by atoms with Gasteiger partial charge in [-0.05, 0) is 37.8 Å². The van der Waals surface area contributed by atoms with E-state index in [1.54, 1.807) is 0 Å². The highest BCUT2D eigenvalue weighted by Crippen LogP contribution is 2.13. The molecule has 1 aromatic rings. The predicted octanol–water partition coefficient (Wildman–Crippen LogP) is 4.17. The van der Waals surface area contributed by atoms with Gasteiger partial charge in [0.15, 0.2) is 0 Å². The molecule has 0 radical (unpaired) electrons. The van der Waals surface area contributed by atoms with Crippen LogP contribution in [0.15, 0.2) is 35.9 Å². The molecule has 1 atom stereocenters. The Kier molecular flexibility index (Phi) is 6.94. The summed E-state index contributed by atoms with van der Waals surface area (Å²) in [4.78, 5) is 12.2. The van der Waals surface area contributed by atoms with Crippen molar-refractivity contribution in [1.29, 1.82) is 0 Å². The van der Waals surface area contributed by atoms with Gasteiger partial charge >= 0.3 is 0 Å².